The van der Waals surface area contributed by atoms with Gasteiger partial charge in [0.25, 0.3) is 0 Å². The molecule has 0 aromatic carbocycles. The van der Waals surface area contributed by atoms with E-state index in [9.17, 15) is 0 Å². The summed E-state index contributed by atoms with van der Waals surface area (Å²) in [5, 5.41) is 1.87. The summed E-state index contributed by atoms with van der Waals surface area (Å²) in [7, 11) is 0. The predicted molar refractivity (Wildman–Crippen MR) is 69.1 cm³/mol. The molecule has 2 bridgehead atoms. The maximum atomic E-state index is 3.89. The zero-order valence-corrected chi connectivity index (χ0v) is 10.7. The van der Waals surface area contributed by atoms with Crippen molar-refractivity contribution in [1.29, 1.82) is 0 Å². The molecule has 2 rings (SSSR count). The SMILES string of the molecule is C=CCC1C[C@H]2C[C@@H]1[C@H](SC)[C@@H]2SC. The van der Waals surface area contributed by atoms with E-state index in [-0.39, 0.29) is 0 Å². The third kappa shape index (κ3) is 1.65. The molecular formula is C12H20S2. The Morgan fingerprint density at radius 2 is 1.93 bits per heavy atom. The lowest BCUT2D eigenvalue weighted by atomic mass is 9.86. The molecule has 0 heterocycles. The van der Waals surface area contributed by atoms with Gasteiger partial charge in [0, 0.05) is 10.5 Å². The van der Waals surface area contributed by atoms with E-state index in [1.54, 1.807) is 0 Å². The monoisotopic (exact) mass is 228 g/mol. The fraction of sp³-hybridized carbons (Fsp3) is 0.833. The van der Waals surface area contributed by atoms with Gasteiger partial charge in [-0.25, -0.2) is 0 Å². The molecule has 5 atom stereocenters. The summed E-state index contributed by atoms with van der Waals surface area (Å²) in [6.45, 7) is 3.89. The van der Waals surface area contributed by atoms with Crippen molar-refractivity contribution in [3.8, 4) is 0 Å². The fourth-order valence-corrected chi connectivity index (χ4v) is 6.42. The van der Waals surface area contributed by atoms with Crippen LogP contribution in [0.1, 0.15) is 19.3 Å². The molecule has 0 nitrogen and oxygen atoms in total. The van der Waals surface area contributed by atoms with Gasteiger partial charge in [0.05, 0.1) is 0 Å². The Kier molecular flexibility index (Phi) is 3.54. The molecule has 1 unspecified atom stereocenters. The molecule has 0 amide bonds. The highest BCUT2D eigenvalue weighted by molar-refractivity contribution is 8.03. The van der Waals surface area contributed by atoms with Crippen LogP contribution < -0.4 is 0 Å². The highest BCUT2D eigenvalue weighted by Gasteiger charge is 2.51. The van der Waals surface area contributed by atoms with Gasteiger partial charge in [0.15, 0.2) is 0 Å². The average Bonchev–Trinajstić information content (AvgIpc) is 2.73. The van der Waals surface area contributed by atoms with Gasteiger partial charge in [0.2, 0.25) is 0 Å². The van der Waals surface area contributed by atoms with Crippen LogP contribution in [0.2, 0.25) is 0 Å². The van der Waals surface area contributed by atoms with Gasteiger partial charge >= 0.3 is 0 Å². The molecule has 0 aromatic rings. The largest absolute Gasteiger partial charge is 0.161 e. The molecule has 0 aromatic heterocycles. The number of hydrogen-bond donors (Lipinski definition) is 0. The van der Waals surface area contributed by atoms with Gasteiger partial charge in [-0.05, 0) is 49.5 Å². The lowest BCUT2D eigenvalue weighted by Gasteiger charge is -2.33. The third-order valence-corrected chi connectivity index (χ3v) is 6.59. The van der Waals surface area contributed by atoms with Gasteiger partial charge in [-0.15, -0.1) is 6.58 Å². The molecule has 2 saturated carbocycles. The second-order valence-electron chi connectivity index (χ2n) is 4.58. The maximum Gasteiger partial charge on any atom is 0.0197 e. The highest BCUT2D eigenvalue weighted by atomic mass is 32.2. The first-order valence-corrected chi connectivity index (χ1v) is 8.05. The van der Waals surface area contributed by atoms with Gasteiger partial charge in [0.1, 0.15) is 0 Å². The van der Waals surface area contributed by atoms with Crippen LogP contribution in [0.4, 0.5) is 0 Å². The first-order chi connectivity index (χ1) is 6.81. The van der Waals surface area contributed by atoms with Crippen molar-refractivity contribution in [1.82, 2.24) is 0 Å². The van der Waals surface area contributed by atoms with E-state index in [1.165, 1.54) is 19.3 Å². The molecule has 2 heteroatoms. The topological polar surface area (TPSA) is 0 Å². The zero-order valence-electron chi connectivity index (χ0n) is 9.11. The summed E-state index contributed by atoms with van der Waals surface area (Å²) in [6.07, 6.45) is 10.9. The van der Waals surface area contributed by atoms with Crippen molar-refractivity contribution in [2.45, 2.75) is 29.8 Å². The third-order valence-electron chi connectivity index (χ3n) is 4.01. The summed E-state index contributed by atoms with van der Waals surface area (Å²) in [5.41, 5.74) is 0. The summed E-state index contributed by atoms with van der Waals surface area (Å²) in [6, 6.07) is 0. The molecule has 0 N–H and O–H groups in total. The minimum absolute atomic E-state index is 0.925. The second-order valence-corrected chi connectivity index (χ2v) is 6.61. The molecule has 0 spiro atoms. The molecule has 14 heavy (non-hydrogen) atoms. The van der Waals surface area contributed by atoms with E-state index < -0.39 is 0 Å². The molecule has 0 aliphatic heterocycles. The van der Waals surface area contributed by atoms with Crippen LogP contribution in [0.5, 0.6) is 0 Å². The summed E-state index contributed by atoms with van der Waals surface area (Å²) in [4.78, 5) is 0. The molecule has 2 aliphatic rings. The van der Waals surface area contributed by atoms with Crippen molar-refractivity contribution in [3.05, 3.63) is 12.7 Å². The maximum absolute atomic E-state index is 3.89. The van der Waals surface area contributed by atoms with E-state index >= 15 is 0 Å². The van der Waals surface area contributed by atoms with Crippen molar-refractivity contribution in [3.63, 3.8) is 0 Å². The number of thioether (sulfide) groups is 2. The van der Waals surface area contributed by atoms with Crippen LogP contribution in [0, 0.1) is 17.8 Å². The average molecular weight is 228 g/mol. The van der Waals surface area contributed by atoms with Crippen molar-refractivity contribution >= 4 is 23.5 Å². The predicted octanol–water partition coefficient (Wildman–Crippen LogP) is 3.68. The van der Waals surface area contributed by atoms with E-state index in [0.717, 1.165) is 28.3 Å². The Morgan fingerprint density at radius 3 is 2.50 bits per heavy atom. The molecule has 0 saturated heterocycles. The zero-order chi connectivity index (χ0) is 10.1. The van der Waals surface area contributed by atoms with Gasteiger partial charge in [-0.2, -0.15) is 23.5 Å². The number of hydrogen-bond acceptors (Lipinski definition) is 2. The lowest BCUT2D eigenvalue weighted by molar-refractivity contribution is 0.351. The summed E-state index contributed by atoms with van der Waals surface area (Å²) < 4.78 is 0. The standard InChI is InChI=1S/C12H20S2/c1-4-5-8-6-9-7-10(8)12(14-3)11(9)13-2/h4,8-12H,1,5-7H2,2-3H3/t8?,9-,10-,11+,12-/m0/s1. The Hall–Kier alpha value is 0.440. The Balaban J connectivity index is 2.06. The van der Waals surface area contributed by atoms with Crippen LogP contribution in [0.25, 0.3) is 0 Å². The Labute approximate surface area is 96.3 Å². The smallest absolute Gasteiger partial charge is 0.0197 e. The van der Waals surface area contributed by atoms with Gasteiger partial charge in [-0.1, -0.05) is 6.08 Å². The first-order valence-electron chi connectivity index (χ1n) is 5.48. The van der Waals surface area contributed by atoms with Crippen molar-refractivity contribution in [2.75, 3.05) is 12.5 Å². The summed E-state index contributed by atoms with van der Waals surface area (Å²) in [5.74, 6) is 2.96. The van der Waals surface area contributed by atoms with E-state index in [0.29, 0.717) is 0 Å². The Morgan fingerprint density at radius 1 is 1.21 bits per heavy atom. The molecule has 2 aliphatic carbocycles. The highest BCUT2D eigenvalue weighted by Crippen LogP contribution is 2.56. The number of fused-ring (bicyclic) bond motifs is 2. The van der Waals surface area contributed by atoms with Crippen LogP contribution in [0.3, 0.4) is 0 Å². The number of rotatable bonds is 4. The van der Waals surface area contributed by atoms with Gasteiger partial charge in [-0.3, -0.25) is 0 Å². The van der Waals surface area contributed by atoms with Crippen LogP contribution in [0.15, 0.2) is 12.7 Å². The van der Waals surface area contributed by atoms with Crippen LogP contribution >= 0.6 is 23.5 Å². The normalized spacial score (nSPS) is 45.7. The van der Waals surface area contributed by atoms with Gasteiger partial charge < -0.3 is 0 Å². The van der Waals surface area contributed by atoms with E-state index in [1.807, 2.05) is 0 Å². The lowest BCUT2D eigenvalue weighted by Crippen LogP contribution is -2.32. The quantitative estimate of drug-likeness (QED) is 0.673. The molecule has 0 radical (unpaired) electrons. The number of allylic oxidation sites excluding steroid dienone is 1. The van der Waals surface area contributed by atoms with E-state index in [2.05, 4.69) is 48.7 Å². The molecular weight excluding hydrogens is 208 g/mol. The molecule has 80 valence electrons. The van der Waals surface area contributed by atoms with E-state index in [4.69, 9.17) is 0 Å². The van der Waals surface area contributed by atoms with Crippen molar-refractivity contribution < 1.29 is 0 Å². The summed E-state index contributed by atoms with van der Waals surface area (Å²) >= 11 is 4.20. The van der Waals surface area contributed by atoms with Crippen molar-refractivity contribution in [2.24, 2.45) is 17.8 Å². The fourth-order valence-electron chi connectivity index (χ4n) is 3.50. The van der Waals surface area contributed by atoms with Crippen LogP contribution in [-0.2, 0) is 0 Å². The second kappa shape index (κ2) is 4.52. The first kappa shape index (κ1) is 10.9. The minimum atomic E-state index is 0.925. The molecule has 2 fully saturated rings. The Bertz CT molecular complexity index is 214. The minimum Gasteiger partial charge on any atom is -0.161 e. The van der Waals surface area contributed by atoms with Crippen LogP contribution in [-0.4, -0.2) is 23.0 Å².